The molecule has 3 aromatic rings. The third-order valence-electron chi connectivity index (χ3n) is 5.59. The minimum Gasteiger partial charge on any atom is -0.478 e. The van der Waals surface area contributed by atoms with E-state index in [2.05, 4.69) is 48.5 Å². The van der Waals surface area contributed by atoms with E-state index in [0.29, 0.717) is 13.2 Å². The van der Waals surface area contributed by atoms with E-state index in [4.69, 9.17) is 19.5 Å². The van der Waals surface area contributed by atoms with Crippen LogP contribution in [0.15, 0.2) is 101 Å². The van der Waals surface area contributed by atoms with Crippen molar-refractivity contribution < 1.29 is 9.47 Å². The fourth-order valence-electron chi connectivity index (χ4n) is 3.99. The van der Waals surface area contributed by atoms with Crippen LogP contribution in [0, 0.1) is 5.92 Å². The monoisotopic (exact) mass is 396 g/mol. The van der Waals surface area contributed by atoms with E-state index in [1.54, 1.807) is 0 Å². The van der Waals surface area contributed by atoms with Gasteiger partial charge >= 0.3 is 0 Å². The molecule has 0 bridgehead atoms. The first-order valence-corrected chi connectivity index (χ1v) is 10.4. The number of ether oxygens (including phenoxy) is 2. The molecule has 2 unspecified atom stereocenters. The summed E-state index contributed by atoms with van der Waals surface area (Å²) in [5.74, 6) is 1.33. The third-order valence-corrected chi connectivity index (χ3v) is 5.59. The number of rotatable bonds is 6. The lowest BCUT2D eigenvalue weighted by atomic mass is 9.98. The van der Waals surface area contributed by atoms with Crippen molar-refractivity contribution in [3.05, 3.63) is 108 Å². The molecule has 0 fully saturated rings. The van der Waals surface area contributed by atoms with Gasteiger partial charge in [-0.2, -0.15) is 0 Å². The zero-order valence-corrected chi connectivity index (χ0v) is 16.7. The summed E-state index contributed by atoms with van der Waals surface area (Å²) < 4.78 is 12.2. The largest absolute Gasteiger partial charge is 0.478 e. The van der Waals surface area contributed by atoms with E-state index in [1.807, 2.05) is 42.5 Å². The van der Waals surface area contributed by atoms with Gasteiger partial charge < -0.3 is 9.47 Å². The van der Waals surface area contributed by atoms with Crippen molar-refractivity contribution in [2.24, 2.45) is 15.9 Å². The lowest BCUT2D eigenvalue weighted by Crippen LogP contribution is -2.27. The molecular formula is C26H24N2O2. The molecule has 0 spiro atoms. The molecule has 150 valence electrons. The van der Waals surface area contributed by atoms with Crippen molar-refractivity contribution in [2.75, 3.05) is 13.2 Å². The molecule has 2 heterocycles. The summed E-state index contributed by atoms with van der Waals surface area (Å²) in [6.07, 6.45) is 0.752. The Labute approximate surface area is 176 Å². The number of nitrogens with zero attached hydrogens (tertiary/aromatic N) is 2. The van der Waals surface area contributed by atoms with Crippen LogP contribution in [-0.2, 0) is 15.9 Å². The zero-order valence-electron chi connectivity index (χ0n) is 16.7. The molecule has 2 aliphatic rings. The van der Waals surface area contributed by atoms with E-state index in [9.17, 15) is 0 Å². The zero-order chi connectivity index (χ0) is 20.2. The number of aliphatic imine (C=N–C) groups is 2. The van der Waals surface area contributed by atoms with Crippen LogP contribution in [0.4, 0.5) is 0 Å². The summed E-state index contributed by atoms with van der Waals surface area (Å²) in [5.41, 5.74) is 3.55. The molecule has 0 amide bonds. The van der Waals surface area contributed by atoms with Crippen LogP contribution in [0.2, 0.25) is 0 Å². The molecule has 0 N–H and O–H groups in total. The van der Waals surface area contributed by atoms with Crippen LogP contribution in [0.5, 0.6) is 0 Å². The molecule has 5 rings (SSSR count). The Balaban J connectivity index is 1.44. The van der Waals surface area contributed by atoms with Crippen molar-refractivity contribution in [2.45, 2.75) is 18.5 Å². The number of benzene rings is 3. The van der Waals surface area contributed by atoms with Gasteiger partial charge in [0.15, 0.2) is 11.8 Å². The predicted octanol–water partition coefficient (Wildman–Crippen LogP) is 5.19. The number of hydrogen-bond acceptors (Lipinski definition) is 4. The molecule has 2 aliphatic heterocycles. The maximum absolute atomic E-state index is 6.10. The quantitative estimate of drug-likeness (QED) is 0.576. The molecule has 30 heavy (non-hydrogen) atoms. The maximum atomic E-state index is 6.10. The standard InChI is InChI=1S/C26H24N2O2/c1-4-10-19(11-5-1)16-22(25-27-23(17-29-25)20-12-6-2-7-13-20)26-28-24(18-30-26)21-14-8-3-9-15-21/h1-15,22-24H,16-18H2. The Kier molecular flexibility index (Phi) is 5.30. The average Bonchev–Trinajstić information content (AvgIpc) is 3.50. The van der Waals surface area contributed by atoms with Crippen LogP contribution in [0.1, 0.15) is 28.8 Å². The maximum Gasteiger partial charge on any atom is 0.197 e. The normalized spacial score (nSPS) is 21.3. The molecule has 4 nitrogen and oxygen atoms in total. The summed E-state index contributed by atoms with van der Waals surface area (Å²) in [4.78, 5) is 9.86. The molecule has 0 aliphatic carbocycles. The van der Waals surface area contributed by atoms with Crippen LogP contribution in [-0.4, -0.2) is 25.0 Å². The van der Waals surface area contributed by atoms with Gasteiger partial charge in [-0.05, 0) is 23.1 Å². The van der Waals surface area contributed by atoms with Gasteiger partial charge in [-0.1, -0.05) is 91.0 Å². The van der Waals surface area contributed by atoms with Gasteiger partial charge in [-0.3, -0.25) is 0 Å². The smallest absolute Gasteiger partial charge is 0.197 e. The fraction of sp³-hybridized carbons (Fsp3) is 0.231. The van der Waals surface area contributed by atoms with Crippen LogP contribution in [0.25, 0.3) is 0 Å². The summed E-state index contributed by atoms with van der Waals surface area (Å²) in [6.45, 7) is 1.11. The van der Waals surface area contributed by atoms with Gasteiger partial charge in [-0.25, -0.2) is 9.98 Å². The highest BCUT2D eigenvalue weighted by molar-refractivity contribution is 6.02. The highest BCUT2D eigenvalue weighted by Crippen LogP contribution is 2.31. The van der Waals surface area contributed by atoms with Crippen LogP contribution in [0.3, 0.4) is 0 Å². The second kappa shape index (κ2) is 8.54. The molecule has 3 aromatic carbocycles. The summed E-state index contributed by atoms with van der Waals surface area (Å²) >= 11 is 0. The predicted molar refractivity (Wildman–Crippen MR) is 119 cm³/mol. The van der Waals surface area contributed by atoms with Crippen molar-refractivity contribution in [3.8, 4) is 0 Å². The second-order valence-corrected chi connectivity index (χ2v) is 7.65. The van der Waals surface area contributed by atoms with E-state index >= 15 is 0 Å². The molecule has 0 aromatic heterocycles. The van der Waals surface area contributed by atoms with E-state index in [0.717, 1.165) is 18.2 Å². The molecule has 0 saturated carbocycles. The molecule has 4 heteroatoms. The van der Waals surface area contributed by atoms with Gasteiger partial charge in [0.1, 0.15) is 31.2 Å². The Morgan fingerprint density at radius 1 is 0.633 bits per heavy atom. The van der Waals surface area contributed by atoms with Crippen molar-refractivity contribution in [1.29, 1.82) is 0 Å². The average molecular weight is 396 g/mol. The van der Waals surface area contributed by atoms with Crippen LogP contribution < -0.4 is 0 Å². The van der Waals surface area contributed by atoms with Crippen molar-refractivity contribution in [1.82, 2.24) is 0 Å². The lowest BCUT2D eigenvalue weighted by molar-refractivity contribution is 0.284. The van der Waals surface area contributed by atoms with Gasteiger partial charge in [0, 0.05) is 0 Å². The third kappa shape index (κ3) is 3.99. The first-order valence-electron chi connectivity index (χ1n) is 10.4. The summed E-state index contributed by atoms with van der Waals surface area (Å²) in [6, 6.07) is 31.0. The highest BCUT2D eigenvalue weighted by Gasteiger charge is 2.35. The van der Waals surface area contributed by atoms with Gasteiger partial charge in [0.2, 0.25) is 0 Å². The fourth-order valence-corrected chi connectivity index (χ4v) is 3.99. The minimum absolute atomic E-state index is 0.0198. The topological polar surface area (TPSA) is 43.2 Å². The Morgan fingerprint density at radius 3 is 1.53 bits per heavy atom. The SMILES string of the molecule is c1ccc(CC(C2=NC(c3ccccc3)CO2)C2=NC(c3ccccc3)CO2)cc1. The highest BCUT2D eigenvalue weighted by atomic mass is 16.5. The summed E-state index contributed by atoms with van der Waals surface area (Å²) in [7, 11) is 0. The molecule has 0 radical (unpaired) electrons. The minimum atomic E-state index is -0.116. The second-order valence-electron chi connectivity index (χ2n) is 7.65. The molecular weight excluding hydrogens is 372 g/mol. The summed E-state index contributed by atoms with van der Waals surface area (Å²) in [5, 5.41) is 0. The molecule has 2 atom stereocenters. The van der Waals surface area contributed by atoms with Crippen molar-refractivity contribution in [3.63, 3.8) is 0 Å². The van der Waals surface area contributed by atoms with E-state index in [1.165, 1.54) is 16.7 Å². The Bertz CT molecular complexity index is 967. The van der Waals surface area contributed by atoms with Crippen LogP contribution >= 0.6 is 0 Å². The van der Waals surface area contributed by atoms with E-state index < -0.39 is 0 Å². The molecule has 0 saturated heterocycles. The first kappa shape index (κ1) is 18.6. The van der Waals surface area contributed by atoms with E-state index in [-0.39, 0.29) is 18.0 Å². The Morgan fingerprint density at radius 2 is 1.07 bits per heavy atom. The van der Waals surface area contributed by atoms with Crippen molar-refractivity contribution >= 4 is 11.8 Å². The lowest BCUT2D eigenvalue weighted by Gasteiger charge is -2.16. The number of hydrogen-bond donors (Lipinski definition) is 0. The Hall–Kier alpha value is -3.40. The van der Waals surface area contributed by atoms with Gasteiger partial charge in [0.25, 0.3) is 0 Å². The van der Waals surface area contributed by atoms with Gasteiger partial charge in [-0.15, -0.1) is 0 Å². The first-order chi connectivity index (χ1) is 14.9. The van der Waals surface area contributed by atoms with Gasteiger partial charge in [0.05, 0.1) is 0 Å².